The van der Waals surface area contributed by atoms with Gasteiger partial charge in [0.15, 0.2) is 5.13 Å². The number of hydrazine groups is 1. The van der Waals surface area contributed by atoms with Crippen molar-refractivity contribution in [1.82, 2.24) is 15.8 Å². The molecule has 1 saturated heterocycles. The second-order valence-corrected chi connectivity index (χ2v) is 6.98. The maximum atomic E-state index is 12.3. The van der Waals surface area contributed by atoms with Crippen LogP contribution in [0, 0.1) is 6.92 Å². The summed E-state index contributed by atoms with van der Waals surface area (Å²) in [6.45, 7) is 4.66. The molecule has 0 spiro atoms. The molecule has 0 saturated carbocycles. The van der Waals surface area contributed by atoms with Gasteiger partial charge >= 0.3 is 0 Å². The maximum Gasteiger partial charge on any atom is 0.281 e. The standard InChI is InChI=1S/C18H22N4O3S/c1-13-16(26-18(19-13)22-9-11-25-12-10-22)17(24)21-20-15(23)8-7-14-5-3-2-4-6-14/h2-6H,7-12H2,1H3,(H,20,23)(H,21,24). The van der Waals surface area contributed by atoms with Crippen molar-refractivity contribution in [2.24, 2.45) is 0 Å². The van der Waals surface area contributed by atoms with Crippen LogP contribution < -0.4 is 15.8 Å². The summed E-state index contributed by atoms with van der Waals surface area (Å²) in [5, 5.41) is 0.811. The summed E-state index contributed by atoms with van der Waals surface area (Å²) in [5.74, 6) is -0.564. The van der Waals surface area contributed by atoms with Crippen LogP contribution in [0.25, 0.3) is 0 Å². The van der Waals surface area contributed by atoms with Crippen molar-refractivity contribution >= 4 is 28.3 Å². The molecule has 2 aromatic rings. The van der Waals surface area contributed by atoms with Crippen LogP contribution in [0.1, 0.15) is 27.3 Å². The predicted molar refractivity (Wildman–Crippen MR) is 100 cm³/mol. The molecule has 138 valence electrons. The van der Waals surface area contributed by atoms with E-state index in [0.29, 0.717) is 36.6 Å². The van der Waals surface area contributed by atoms with Crippen LogP contribution in [0.5, 0.6) is 0 Å². The van der Waals surface area contributed by atoms with Gasteiger partial charge in [0.05, 0.1) is 18.9 Å². The number of benzene rings is 1. The highest BCUT2D eigenvalue weighted by Crippen LogP contribution is 2.26. The van der Waals surface area contributed by atoms with Gasteiger partial charge in [0.1, 0.15) is 4.88 Å². The monoisotopic (exact) mass is 374 g/mol. The van der Waals surface area contributed by atoms with E-state index >= 15 is 0 Å². The number of ether oxygens (including phenoxy) is 1. The predicted octanol–water partition coefficient (Wildman–Crippen LogP) is 1.68. The summed E-state index contributed by atoms with van der Waals surface area (Å²) in [4.78, 5) is 31.4. The van der Waals surface area contributed by atoms with E-state index in [1.54, 1.807) is 6.92 Å². The zero-order chi connectivity index (χ0) is 18.4. The number of aryl methyl sites for hydroxylation is 2. The molecule has 2 N–H and O–H groups in total. The lowest BCUT2D eigenvalue weighted by Crippen LogP contribution is -2.41. The fourth-order valence-electron chi connectivity index (χ4n) is 2.63. The van der Waals surface area contributed by atoms with Gasteiger partial charge in [-0.25, -0.2) is 4.98 Å². The summed E-state index contributed by atoms with van der Waals surface area (Å²) in [6.07, 6.45) is 0.939. The van der Waals surface area contributed by atoms with Crippen molar-refractivity contribution in [2.45, 2.75) is 19.8 Å². The van der Waals surface area contributed by atoms with Crippen LogP contribution in [-0.4, -0.2) is 43.1 Å². The molecule has 0 aliphatic carbocycles. The van der Waals surface area contributed by atoms with Crippen molar-refractivity contribution in [1.29, 1.82) is 0 Å². The second-order valence-electron chi connectivity index (χ2n) is 6.00. The number of aromatic nitrogens is 1. The number of hydrogen-bond donors (Lipinski definition) is 2. The third kappa shape index (κ3) is 4.80. The molecular formula is C18H22N4O3S. The number of nitrogens with zero attached hydrogens (tertiary/aromatic N) is 2. The summed E-state index contributed by atoms with van der Waals surface area (Å²) in [6, 6.07) is 9.76. The number of rotatable bonds is 5. The first-order valence-corrected chi connectivity index (χ1v) is 9.38. The molecule has 1 fully saturated rings. The van der Waals surface area contributed by atoms with Gasteiger partial charge in [-0.2, -0.15) is 0 Å². The summed E-state index contributed by atoms with van der Waals surface area (Å²) >= 11 is 1.33. The topological polar surface area (TPSA) is 83.6 Å². The second kappa shape index (κ2) is 8.77. The van der Waals surface area contributed by atoms with E-state index in [9.17, 15) is 9.59 Å². The lowest BCUT2D eigenvalue weighted by Gasteiger charge is -2.25. The Hall–Kier alpha value is -2.45. The molecule has 7 nitrogen and oxygen atoms in total. The SMILES string of the molecule is Cc1nc(N2CCOCC2)sc1C(=O)NNC(=O)CCc1ccccc1. The number of anilines is 1. The Kier molecular flexibility index (Phi) is 6.19. The molecule has 1 aliphatic heterocycles. The van der Waals surface area contributed by atoms with E-state index in [4.69, 9.17) is 4.74 Å². The zero-order valence-electron chi connectivity index (χ0n) is 14.7. The number of carbonyl (C=O) groups is 2. The maximum absolute atomic E-state index is 12.3. The third-order valence-electron chi connectivity index (χ3n) is 4.07. The Morgan fingerprint density at radius 1 is 1.19 bits per heavy atom. The molecule has 2 amide bonds. The molecule has 2 heterocycles. The van der Waals surface area contributed by atoms with E-state index in [1.807, 2.05) is 30.3 Å². The minimum Gasteiger partial charge on any atom is -0.378 e. The first-order valence-electron chi connectivity index (χ1n) is 8.56. The quantitative estimate of drug-likeness (QED) is 0.778. The van der Waals surface area contributed by atoms with Crippen LogP contribution in [0.4, 0.5) is 5.13 Å². The summed E-state index contributed by atoms with van der Waals surface area (Å²) in [5.41, 5.74) is 6.70. The molecule has 26 heavy (non-hydrogen) atoms. The number of carbonyl (C=O) groups excluding carboxylic acids is 2. The van der Waals surface area contributed by atoms with Gasteiger partial charge in [-0.1, -0.05) is 41.7 Å². The minimum absolute atomic E-state index is 0.224. The highest BCUT2D eigenvalue weighted by Gasteiger charge is 2.20. The number of hydrogen-bond acceptors (Lipinski definition) is 6. The minimum atomic E-state index is -0.340. The fourth-order valence-corrected chi connectivity index (χ4v) is 3.64. The van der Waals surface area contributed by atoms with Crippen LogP contribution in [-0.2, 0) is 16.0 Å². The van der Waals surface area contributed by atoms with Crippen LogP contribution in [0.2, 0.25) is 0 Å². The normalized spacial score (nSPS) is 14.1. The number of thiazole rings is 1. The summed E-state index contributed by atoms with van der Waals surface area (Å²) < 4.78 is 5.33. The average Bonchev–Trinajstić information content (AvgIpc) is 3.08. The molecule has 0 radical (unpaired) electrons. The Bertz CT molecular complexity index is 757. The number of morpholine rings is 1. The largest absolute Gasteiger partial charge is 0.378 e. The zero-order valence-corrected chi connectivity index (χ0v) is 15.5. The average molecular weight is 374 g/mol. The van der Waals surface area contributed by atoms with E-state index in [2.05, 4.69) is 20.7 Å². The molecule has 1 aromatic carbocycles. The molecule has 8 heteroatoms. The number of amides is 2. The Morgan fingerprint density at radius 3 is 2.65 bits per heavy atom. The van der Waals surface area contributed by atoms with Gasteiger partial charge in [0.25, 0.3) is 5.91 Å². The third-order valence-corrected chi connectivity index (χ3v) is 5.29. The highest BCUT2D eigenvalue weighted by molar-refractivity contribution is 7.17. The Morgan fingerprint density at radius 2 is 1.92 bits per heavy atom. The van der Waals surface area contributed by atoms with Gasteiger partial charge in [-0.3, -0.25) is 20.4 Å². The van der Waals surface area contributed by atoms with Crippen molar-refractivity contribution in [3.8, 4) is 0 Å². The van der Waals surface area contributed by atoms with E-state index < -0.39 is 0 Å². The van der Waals surface area contributed by atoms with E-state index in [-0.39, 0.29) is 11.8 Å². The molecule has 0 bridgehead atoms. The lowest BCUT2D eigenvalue weighted by molar-refractivity contribution is -0.121. The van der Waals surface area contributed by atoms with Crippen LogP contribution >= 0.6 is 11.3 Å². The summed E-state index contributed by atoms with van der Waals surface area (Å²) in [7, 11) is 0. The lowest BCUT2D eigenvalue weighted by atomic mass is 10.1. The first-order chi connectivity index (χ1) is 12.6. The number of nitrogens with one attached hydrogen (secondary N) is 2. The molecule has 1 aliphatic rings. The van der Waals surface area contributed by atoms with E-state index in [0.717, 1.165) is 23.8 Å². The van der Waals surface area contributed by atoms with Gasteiger partial charge in [0.2, 0.25) is 5.91 Å². The van der Waals surface area contributed by atoms with Gasteiger partial charge in [-0.15, -0.1) is 0 Å². The van der Waals surface area contributed by atoms with Crippen molar-refractivity contribution in [3.63, 3.8) is 0 Å². The van der Waals surface area contributed by atoms with Gasteiger partial charge in [0, 0.05) is 19.5 Å². The molecule has 1 aromatic heterocycles. The van der Waals surface area contributed by atoms with Crippen LogP contribution in [0.15, 0.2) is 30.3 Å². The van der Waals surface area contributed by atoms with Crippen molar-refractivity contribution in [3.05, 3.63) is 46.5 Å². The van der Waals surface area contributed by atoms with E-state index in [1.165, 1.54) is 11.3 Å². The smallest absolute Gasteiger partial charge is 0.281 e. The van der Waals surface area contributed by atoms with Crippen molar-refractivity contribution in [2.75, 3.05) is 31.2 Å². The van der Waals surface area contributed by atoms with Gasteiger partial charge < -0.3 is 9.64 Å². The molecule has 0 unspecified atom stereocenters. The fraction of sp³-hybridized carbons (Fsp3) is 0.389. The van der Waals surface area contributed by atoms with Crippen molar-refractivity contribution < 1.29 is 14.3 Å². The first kappa shape index (κ1) is 18.3. The molecule has 3 rings (SSSR count). The Balaban J connectivity index is 1.50. The van der Waals surface area contributed by atoms with Gasteiger partial charge in [-0.05, 0) is 18.9 Å². The Labute approximate surface area is 156 Å². The van der Waals surface area contributed by atoms with Crippen LogP contribution in [0.3, 0.4) is 0 Å². The highest BCUT2D eigenvalue weighted by atomic mass is 32.1. The molecular weight excluding hydrogens is 352 g/mol. The molecule has 0 atom stereocenters.